The first-order valence-electron chi connectivity index (χ1n) is 8.85. The molecular weight excluding hydrogens is 415 g/mol. The third-order valence-electron chi connectivity index (χ3n) is 4.22. The van der Waals surface area contributed by atoms with E-state index in [1.54, 1.807) is 12.1 Å². The van der Waals surface area contributed by atoms with Gasteiger partial charge in [0.15, 0.2) is 11.0 Å². The zero-order valence-electron chi connectivity index (χ0n) is 15.5. The summed E-state index contributed by atoms with van der Waals surface area (Å²) < 4.78 is 1.96. The molecular formula is C20H20Cl2N4OS. The van der Waals surface area contributed by atoms with Gasteiger partial charge in [-0.3, -0.25) is 4.79 Å². The van der Waals surface area contributed by atoms with E-state index in [1.807, 2.05) is 54.8 Å². The first-order chi connectivity index (χ1) is 13.5. The fraction of sp³-hybridized carbons (Fsp3) is 0.250. The molecule has 3 rings (SSSR count). The zero-order valence-corrected chi connectivity index (χ0v) is 17.9. The molecule has 0 fully saturated rings. The molecule has 5 nitrogen and oxygen atoms in total. The predicted octanol–water partition coefficient (Wildman–Crippen LogP) is 5.24. The summed E-state index contributed by atoms with van der Waals surface area (Å²) in [6.07, 6.45) is 0. The van der Waals surface area contributed by atoms with Crippen molar-refractivity contribution in [3.05, 3.63) is 64.1 Å². The van der Waals surface area contributed by atoms with Crippen molar-refractivity contribution in [2.24, 2.45) is 0 Å². The highest BCUT2D eigenvalue weighted by Crippen LogP contribution is 2.29. The van der Waals surface area contributed by atoms with Crippen LogP contribution >= 0.6 is 35.0 Å². The minimum absolute atomic E-state index is 0.0508. The minimum Gasteiger partial charge on any atom is -0.349 e. The molecule has 1 aromatic heterocycles. The average Bonchev–Trinajstić information content (AvgIpc) is 3.12. The van der Waals surface area contributed by atoms with E-state index in [4.69, 9.17) is 23.2 Å². The van der Waals surface area contributed by atoms with Crippen molar-refractivity contribution in [1.29, 1.82) is 0 Å². The normalized spacial score (nSPS) is 12.0. The van der Waals surface area contributed by atoms with E-state index in [0.717, 1.165) is 11.1 Å². The van der Waals surface area contributed by atoms with Crippen molar-refractivity contribution in [3.8, 4) is 11.4 Å². The Hall–Kier alpha value is -2.02. The van der Waals surface area contributed by atoms with Gasteiger partial charge in [-0.15, -0.1) is 10.2 Å². The molecule has 0 radical (unpaired) electrons. The molecule has 1 amide bonds. The predicted molar refractivity (Wildman–Crippen MR) is 115 cm³/mol. The van der Waals surface area contributed by atoms with Gasteiger partial charge in [0.25, 0.3) is 0 Å². The smallest absolute Gasteiger partial charge is 0.230 e. The monoisotopic (exact) mass is 434 g/mol. The molecule has 2 aromatic carbocycles. The molecule has 8 heteroatoms. The van der Waals surface area contributed by atoms with Gasteiger partial charge in [0, 0.05) is 12.1 Å². The van der Waals surface area contributed by atoms with Crippen molar-refractivity contribution < 1.29 is 4.79 Å². The van der Waals surface area contributed by atoms with Crippen LogP contribution in [0.3, 0.4) is 0 Å². The lowest BCUT2D eigenvalue weighted by atomic mass is 10.1. The van der Waals surface area contributed by atoms with Gasteiger partial charge in [0.2, 0.25) is 5.91 Å². The van der Waals surface area contributed by atoms with Crippen molar-refractivity contribution in [2.45, 2.75) is 31.6 Å². The maximum absolute atomic E-state index is 12.3. The summed E-state index contributed by atoms with van der Waals surface area (Å²) in [7, 11) is 0. The van der Waals surface area contributed by atoms with E-state index in [-0.39, 0.29) is 17.7 Å². The van der Waals surface area contributed by atoms with Crippen LogP contribution in [-0.4, -0.2) is 26.4 Å². The Morgan fingerprint density at radius 3 is 2.57 bits per heavy atom. The van der Waals surface area contributed by atoms with Crippen molar-refractivity contribution in [2.75, 3.05) is 5.75 Å². The molecule has 0 saturated heterocycles. The molecule has 1 unspecified atom stereocenters. The highest BCUT2D eigenvalue weighted by atomic mass is 35.5. The van der Waals surface area contributed by atoms with Gasteiger partial charge < -0.3 is 9.88 Å². The molecule has 0 spiro atoms. The highest BCUT2D eigenvalue weighted by molar-refractivity contribution is 7.99. The van der Waals surface area contributed by atoms with E-state index in [9.17, 15) is 4.79 Å². The molecule has 3 aromatic rings. The fourth-order valence-corrected chi connectivity index (χ4v) is 3.88. The first kappa shape index (κ1) is 20.7. The first-order valence-corrected chi connectivity index (χ1v) is 10.6. The Bertz CT molecular complexity index is 962. The van der Waals surface area contributed by atoms with Crippen LogP contribution in [0.5, 0.6) is 0 Å². The van der Waals surface area contributed by atoms with Gasteiger partial charge in [0.05, 0.1) is 21.8 Å². The van der Waals surface area contributed by atoms with Crippen LogP contribution < -0.4 is 5.32 Å². The molecule has 0 aliphatic rings. The Labute approximate surface area is 178 Å². The summed E-state index contributed by atoms with van der Waals surface area (Å²) in [5.41, 5.74) is 1.90. The van der Waals surface area contributed by atoms with E-state index in [2.05, 4.69) is 15.5 Å². The number of benzene rings is 2. The zero-order chi connectivity index (χ0) is 20.1. The molecule has 0 aliphatic carbocycles. The fourth-order valence-electron chi connectivity index (χ4n) is 2.77. The maximum atomic E-state index is 12.3. The van der Waals surface area contributed by atoms with Crippen LogP contribution in [0.15, 0.2) is 53.7 Å². The number of thioether (sulfide) groups is 1. The lowest BCUT2D eigenvalue weighted by Crippen LogP contribution is -2.28. The van der Waals surface area contributed by atoms with Crippen LogP contribution in [-0.2, 0) is 11.3 Å². The number of amides is 1. The largest absolute Gasteiger partial charge is 0.349 e. The standard InChI is InChI=1S/C20H20Cl2N4OS/c1-3-26-19(15-9-10-16(21)17(22)11-15)24-25-20(26)28-12-18(27)23-13(2)14-7-5-4-6-8-14/h4-11,13H,3,12H2,1-2H3,(H,23,27). The second-order valence-electron chi connectivity index (χ2n) is 6.17. The van der Waals surface area contributed by atoms with Gasteiger partial charge >= 0.3 is 0 Å². The molecule has 1 heterocycles. The second kappa shape index (κ2) is 9.45. The van der Waals surface area contributed by atoms with E-state index in [0.29, 0.717) is 27.6 Å². The van der Waals surface area contributed by atoms with Gasteiger partial charge in [-0.25, -0.2) is 0 Å². The Morgan fingerprint density at radius 2 is 1.89 bits per heavy atom. The summed E-state index contributed by atoms with van der Waals surface area (Å²) in [5, 5.41) is 13.2. The quantitative estimate of drug-likeness (QED) is 0.516. The number of aromatic nitrogens is 3. The molecule has 0 aliphatic heterocycles. The van der Waals surface area contributed by atoms with E-state index < -0.39 is 0 Å². The SMILES string of the molecule is CCn1c(SCC(=O)NC(C)c2ccccc2)nnc1-c1ccc(Cl)c(Cl)c1. The summed E-state index contributed by atoms with van der Waals surface area (Å²) in [4.78, 5) is 12.3. The summed E-state index contributed by atoms with van der Waals surface area (Å²) in [6, 6.07) is 15.2. The Kier molecular flexibility index (Phi) is 6.99. The lowest BCUT2D eigenvalue weighted by molar-refractivity contribution is -0.119. The van der Waals surface area contributed by atoms with E-state index >= 15 is 0 Å². The summed E-state index contributed by atoms with van der Waals surface area (Å²) in [5.74, 6) is 0.904. The third-order valence-corrected chi connectivity index (χ3v) is 5.93. The van der Waals surface area contributed by atoms with Crippen LogP contribution in [0.2, 0.25) is 10.0 Å². The maximum Gasteiger partial charge on any atom is 0.230 e. The van der Waals surface area contributed by atoms with Gasteiger partial charge in [-0.2, -0.15) is 0 Å². The Morgan fingerprint density at radius 1 is 1.14 bits per heavy atom. The second-order valence-corrected chi connectivity index (χ2v) is 7.92. The molecule has 1 N–H and O–H groups in total. The van der Waals surface area contributed by atoms with Gasteiger partial charge in [-0.1, -0.05) is 65.3 Å². The van der Waals surface area contributed by atoms with Crippen molar-refractivity contribution in [3.63, 3.8) is 0 Å². The molecule has 0 saturated carbocycles. The number of hydrogen-bond acceptors (Lipinski definition) is 4. The number of halogens is 2. The molecule has 0 bridgehead atoms. The molecule has 1 atom stereocenters. The van der Waals surface area contributed by atoms with Gasteiger partial charge in [0.1, 0.15) is 0 Å². The van der Waals surface area contributed by atoms with Crippen molar-refractivity contribution >= 4 is 40.9 Å². The average molecular weight is 435 g/mol. The van der Waals surface area contributed by atoms with Crippen molar-refractivity contribution in [1.82, 2.24) is 20.1 Å². The van der Waals surface area contributed by atoms with Crippen LogP contribution in [0, 0.1) is 0 Å². The number of carbonyl (C=O) groups is 1. The number of nitrogens with one attached hydrogen (secondary N) is 1. The Balaban J connectivity index is 1.67. The van der Waals surface area contributed by atoms with Crippen LogP contribution in [0.25, 0.3) is 11.4 Å². The van der Waals surface area contributed by atoms with Crippen LogP contribution in [0.4, 0.5) is 0 Å². The topological polar surface area (TPSA) is 59.8 Å². The number of rotatable bonds is 7. The number of nitrogens with zero attached hydrogens (tertiary/aromatic N) is 3. The number of hydrogen-bond donors (Lipinski definition) is 1. The summed E-state index contributed by atoms with van der Waals surface area (Å²) >= 11 is 13.5. The minimum atomic E-state index is -0.0527. The van der Waals surface area contributed by atoms with E-state index in [1.165, 1.54) is 11.8 Å². The van der Waals surface area contributed by atoms with Gasteiger partial charge in [-0.05, 0) is 37.6 Å². The molecule has 28 heavy (non-hydrogen) atoms. The lowest BCUT2D eigenvalue weighted by Gasteiger charge is -2.14. The number of carbonyl (C=O) groups excluding carboxylic acids is 1. The summed E-state index contributed by atoms with van der Waals surface area (Å²) in [6.45, 7) is 4.65. The highest BCUT2D eigenvalue weighted by Gasteiger charge is 2.16. The third kappa shape index (κ3) is 4.87. The molecule has 146 valence electrons. The van der Waals surface area contributed by atoms with Crippen LogP contribution in [0.1, 0.15) is 25.5 Å².